The van der Waals surface area contributed by atoms with Gasteiger partial charge in [-0.1, -0.05) is 12.1 Å². The Bertz CT molecular complexity index is 1160. The van der Waals surface area contributed by atoms with Gasteiger partial charge in [0.1, 0.15) is 24.1 Å². The van der Waals surface area contributed by atoms with Gasteiger partial charge in [-0.2, -0.15) is 8.78 Å². The molecule has 200 valence electrons. The van der Waals surface area contributed by atoms with E-state index >= 15 is 0 Å². The van der Waals surface area contributed by atoms with E-state index < -0.39 is 30.2 Å². The minimum absolute atomic E-state index is 0.00439. The molecule has 2 aliphatic carbocycles. The molecule has 1 aliphatic heterocycles. The van der Waals surface area contributed by atoms with Crippen molar-refractivity contribution in [2.45, 2.75) is 69.7 Å². The first-order valence-electron chi connectivity index (χ1n) is 12.6. The van der Waals surface area contributed by atoms with Gasteiger partial charge in [0.25, 0.3) is 5.92 Å². The van der Waals surface area contributed by atoms with Crippen LogP contribution in [-0.2, 0) is 33.2 Å². The van der Waals surface area contributed by atoms with E-state index in [2.05, 4.69) is 20.6 Å². The van der Waals surface area contributed by atoms with Crippen molar-refractivity contribution < 1.29 is 32.5 Å². The molecule has 8 nitrogen and oxygen atoms in total. The SMILES string of the molecule is Cc1nc(CC(=O)NC23CCC(CC2)C3)c(C2OCCO2)c(NCc2cccc(C(F)(F)CO)c2F)n1. The molecule has 3 aliphatic rings. The Hall–Kier alpha value is -2.76. The number of nitrogens with zero attached hydrogens (tertiary/aromatic N) is 2. The molecule has 0 spiro atoms. The summed E-state index contributed by atoms with van der Waals surface area (Å²) in [5, 5.41) is 15.2. The maximum Gasteiger partial charge on any atom is 0.298 e. The summed E-state index contributed by atoms with van der Waals surface area (Å²) in [6, 6.07) is 3.63. The molecule has 1 amide bonds. The van der Waals surface area contributed by atoms with Crippen LogP contribution in [0.25, 0.3) is 0 Å². The molecule has 11 heteroatoms. The van der Waals surface area contributed by atoms with E-state index in [-0.39, 0.29) is 35.8 Å². The summed E-state index contributed by atoms with van der Waals surface area (Å²) in [5.41, 5.74) is -0.178. The van der Waals surface area contributed by atoms with Gasteiger partial charge in [-0.15, -0.1) is 0 Å². The predicted molar refractivity (Wildman–Crippen MR) is 127 cm³/mol. The van der Waals surface area contributed by atoms with E-state index in [1.807, 2.05) is 0 Å². The number of rotatable bonds is 9. The zero-order valence-electron chi connectivity index (χ0n) is 20.7. The monoisotopic (exact) mass is 520 g/mol. The number of fused-ring (bicyclic) bond motifs is 2. The van der Waals surface area contributed by atoms with Gasteiger partial charge in [0.2, 0.25) is 5.91 Å². The standard InChI is InChI=1S/C26H31F3N4O4/c1-15-31-19(11-20(35)33-25-7-5-16(12-25)6-8-25)21(24-36-9-10-37-24)23(32-15)30-13-17-3-2-4-18(22(17)27)26(28,29)14-34/h2-4,16,24,34H,5-14H2,1H3,(H,33,35)(H,30,31,32). The van der Waals surface area contributed by atoms with Crippen LogP contribution < -0.4 is 10.6 Å². The normalized spacial score (nSPS) is 23.5. The number of aliphatic hydroxyl groups is 1. The van der Waals surface area contributed by atoms with Crippen LogP contribution in [0.15, 0.2) is 18.2 Å². The quantitative estimate of drug-likeness (QED) is 0.464. The number of benzene rings is 1. The maximum atomic E-state index is 14.9. The molecule has 2 bridgehead atoms. The number of alkyl halides is 2. The van der Waals surface area contributed by atoms with Crippen LogP contribution in [0.2, 0.25) is 0 Å². The fraction of sp³-hybridized carbons (Fsp3) is 0.577. The molecule has 2 saturated carbocycles. The van der Waals surface area contributed by atoms with E-state index in [0.717, 1.165) is 38.2 Å². The molecule has 1 aromatic carbocycles. The van der Waals surface area contributed by atoms with E-state index in [1.165, 1.54) is 12.1 Å². The third-order valence-corrected chi connectivity index (χ3v) is 7.59. The van der Waals surface area contributed by atoms with Crippen LogP contribution in [0.1, 0.15) is 66.6 Å². The van der Waals surface area contributed by atoms with Crippen LogP contribution in [0.3, 0.4) is 0 Å². The molecule has 0 unspecified atom stereocenters. The van der Waals surface area contributed by atoms with Gasteiger partial charge >= 0.3 is 0 Å². The van der Waals surface area contributed by atoms with Crippen molar-refractivity contribution in [1.82, 2.24) is 15.3 Å². The number of aliphatic hydroxyl groups excluding tert-OH is 1. The molecule has 0 radical (unpaired) electrons. The smallest absolute Gasteiger partial charge is 0.298 e. The van der Waals surface area contributed by atoms with Crippen molar-refractivity contribution in [3.8, 4) is 0 Å². The second kappa shape index (κ2) is 10.2. The zero-order chi connectivity index (χ0) is 26.2. The average molecular weight is 521 g/mol. The lowest BCUT2D eigenvalue weighted by Gasteiger charge is -2.28. The summed E-state index contributed by atoms with van der Waals surface area (Å²) >= 11 is 0. The van der Waals surface area contributed by atoms with Gasteiger partial charge in [0.05, 0.1) is 36.5 Å². The highest BCUT2D eigenvalue weighted by Crippen LogP contribution is 2.47. The van der Waals surface area contributed by atoms with Gasteiger partial charge in [-0.25, -0.2) is 14.4 Å². The van der Waals surface area contributed by atoms with Crippen molar-refractivity contribution in [3.63, 3.8) is 0 Å². The lowest BCUT2D eigenvalue weighted by Crippen LogP contribution is -2.45. The summed E-state index contributed by atoms with van der Waals surface area (Å²) in [5.74, 6) is -3.62. The molecule has 3 fully saturated rings. The summed E-state index contributed by atoms with van der Waals surface area (Å²) < 4.78 is 54.3. The van der Waals surface area contributed by atoms with Crippen LogP contribution in [-0.4, -0.2) is 46.3 Å². The second-order valence-corrected chi connectivity index (χ2v) is 10.2. The van der Waals surface area contributed by atoms with Crippen molar-refractivity contribution in [3.05, 3.63) is 52.2 Å². The first-order chi connectivity index (χ1) is 17.7. The van der Waals surface area contributed by atoms with Crippen molar-refractivity contribution in [1.29, 1.82) is 0 Å². The van der Waals surface area contributed by atoms with E-state index in [9.17, 15) is 18.0 Å². The van der Waals surface area contributed by atoms with Crippen LogP contribution in [0.4, 0.5) is 19.0 Å². The topological polar surface area (TPSA) is 106 Å². The molecule has 37 heavy (non-hydrogen) atoms. The van der Waals surface area contributed by atoms with Crippen LogP contribution in [0, 0.1) is 18.7 Å². The Morgan fingerprint density at radius 1 is 1.22 bits per heavy atom. The second-order valence-electron chi connectivity index (χ2n) is 10.2. The first kappa shape index (κ1) is 25.9. The van der Waals surface area contributed by atoms with Crippen LogP contribution >= 0.6 is 0 Å². The average Bonchev–Trinajstić information content (AvgIpc) is 3.61. The lowest BCUT2D eigenvalue weighted by atomic mass is 9.93. The minimum atomic E-state index is -3.71. The Kier molecular flexibility index (Phi) is 7.12. The van der Waals surface area contributed by atoms with E-state index in [4.69, 9.17) is 14.6 Å². The summed E-state index contributed by atoms with van der Waals surface area (Å²) in [6.45, 7) is 0.697. The van der Waals surface area contributed by atoms with E-state index in [1.54, 1.807) is 6.92 Å². The summed E-state index contributed by atoms with van der Waals surface area (Å²) in [4.78, 5) is 22.1. The fourth-order valence-electron chi connectivity index (χ4n) is 5.80. The Balaban J connectivity index is 1.40. The molecule has 1 aromatic heterocycles. The largest absolute Gasteiger partial charge is 0.390 e. The van der Waals surface area contributed by atoms with Crippen molar-refractivity contribution in [2.75, 3.05) is 25.1 Å². The number of aromatic nitrogens is 2. The molecule has 2 aromatic rings. The molecule has 5 rings (SSSR count). The third kappa shape index (κ3) is 5.30. The molecular weight excluding hydrogens is 489 g/mol. The number of nitrogens with one attached hydrogen (secondary N) is 2. The number of halogens is 3. The Morgan fingerprint density at radius 3 is 2.59 bits per heavy atom. The van der Waals surface area contributed by atoms with Crippen LogP contribution in [0.5, 0.6) is 0 Å². The maximum absolute atomic E-state index is 14.9. The first-order valence-corrected chi connectivity index (χ1v) is 12.6. The van der Waals surface area contributed by atoms with Gasteiger partial charge in [0, 0.05) is 17.6 Å². The van der Waals surface area contributed by atoms with Crippen molar-refractivity contribution in [2.24, 2.45) is 5.92 Å². The van der Waals surface area contributed by atoms with Gasteiger partial charge in [0.15, 0.2) is 6.29 Å². The number of ether oxygens (including phenoxy) is 2. The van der Waals surface area contributed by atoms with Gasteiger partial charge in [-0.05, 0) is 51.0 Å². The van der Waals surface area contributed by atoms with Crippen molar-refractivity contribution >= 4 is 11.7 Å². The third-order valence-electron chi connectivity index (χ3n) is 7.59. The van der Waals surface area contributed by atoms with Gasteiger partial charge < -0.3 is 25.2 Å². The summed E-state index contributed by atoms with van der Waals surface area (Å²) in [7, 11) is 0. The molecule has 2 heterocycles. The lowest BCUT2D eigenvalue weighted by molar-refractivity contribution is -0.122. The fourth-order valence-corrected chi connectivity index (χ4v) is 5.80. The number of anilines is 1. The molecule has 1 saturated heterocycles. The minimum Gasteiger partial charge on any atom is -0.390 e. The number of carbonyl (C=O) groups is 1. The highest BCUT2D eigenvalue weighted by Gasteiger charge is 2.45. The van der Waals surface area contributed by atoms with E-state index in [0.29, 0.717) is 36.2 Å². The molecular formula is C26H31F3N4O4. The molecule has 3 N–H and O–H groups in total. The Labute approximate surface area is 213 Å². The molecule has 0 atom stereocenters. The number of hydrogen-bond acceptors (Lipinski definition) is 7. The number of amides is 1. The highest BCUT2D eigenvalue weighted by atomic mass is 19.3. The number of aryl methyl sites for hydroxylation is 1. The Morgan fingerprint density at radius 2 is 1.95 bits per heavy atom. The predicted octanol–water partition coefficient (Wildman–Crippen LogP) is 3.66. The van der Waals surface area contributed by atoms with Gasteiger partial charge in [-0.3, -0.25) is 4.79 Å². The number of carbonyl (C=O) groups excluding carboxylic acids is 1. The summed E-state index contributed by atoms with van der Waals surface area (Å²) in [6.07, 6.45) is 4.43. The number of hydrogen-bond donors (Lipinski definition) is 3. The zero-order valence-corrected chi connectivity index (χ0v) is 20.7. The highest BCUT2D eigenvalue weighted by molar-refractivity contribution is 5.80.